The van der Waals surface area contributed by atoms with Gasteiger partial charge in [0.05, 0.1) is 12.0 Å². The molecule has 3 heteroatoms. The Kier molecular flexibility index (Phi) is 1.47. The second-order valence-corrected chi connectivity index (χ2v) is 3.98. The van der Waals surface area contributed by atoms with Crippen molar-refractivity contribution >= 4 is 5.78 Å². The first-order valence-electron chi connectivity index (χ1n) is 4.81. The Morgan fingerprint density at radius 2 is 2.07 bits per heavy atom. The Morgan fingerprint density at radius 1 is 1.29 bits per heavy atom. The average molecular weight is 189 g/mol. The van der Waals surface area contributed by atoms with Crippen LogP contribution < -0.4 is 10.1 Å². The number of carbonyl (C=O) groups is 1. The number of nitrogens with one attached hydrogen (secondary N) is 1. The molecule has 3 nitrogen and oxygen atoms in total. The molecule has 1 aromatic carbocycles. The molecule has 2 aliphatic heterocycles. The average Bonchev–Trinajstić information content (AvgIpc) is 2.15. The third-order valence-corrected chi connectivity index (χ3v) is 2.89. The van der Waals surface area contributed by atoms with Gasteiger partial charge in [0.1, 0.15) is 11.4 Å². The highest BCUT2D eigenvalue weighted by molar-refractivity contribution is 6.00. The minimum absolute atomic E-state index is 0.202. The molecule has 0 aromatic heterocycles. The molecule has 0 amide bonds. The van der Waals surface area contributed by atoms with E-state index >= 15 is 0 Å². The zero-order chi connectivity index (χ0) is 9.60. The minimum atomic E-state index is -0.245. The van der Waals surface area contributed by atoms with Crippen LogP contribution in [0.15, 0.2) is 24.3 Å². The van der Waals surface area contributed by atoms with Gasteiger partial charge in [-0.3, -0.25) is 4.79 Å². The molecule has 3 rings (SSSR count). The largest absolute Gasteiger partial charge is 0.483 e. The molecule has 1 N–H and O–H groups in total. The van der Waals surface area contributed by atoms with Gasteiger partial charge in [-0.2, -0.15) is 0 Å². The van der Waals surface area contributed by atoms with E-state index in [9.17, 15) is 4.79 Å². The Morgan fingerprint density at radius 3 is 2.79 bits per heavy atom. The maximum atomic E-state index is 11.8. The summed E-state index contributed by atoms with van der Waals surface area (Å²) >= 11 is 0. The van der Waals surface area contributed by atoms with Crippen molar-refractivity contribution in [1.82, 2.24) is 5.32 Å². The molecule has 0 atom stereocenters. The number of fused-ring (bicyclic) bond motifs is 1. The molecule has 0 aliphatic carbocycles. The number of para-hydroxylation sites is 1. The lowest BCUT2D eigenvalue weighted by Gasteiger charge is -2.44. The van der Waals surface area contributed by atoms with Gasteiger partial charge in [0.15, 0.2) is 5.78 Å². The van der Waals surface area contributed by atoms with Gasteiger partial charge in [-0.15, -0.1) is 0 Å². The zero-order valence-electron chi connectivity index (χ0n) is 7.75. The van der Waals surface area contributed by atoms with E-state index in [1.54, 1.807) is 0 Å². The SMILES string of the molecule is O=C1CC2(CNC2)Oc2ccccc21. The number of carbonyl (C=O) groups excluding carboxylic acids is 1. The maximum Gasteiger partial charge on any atom is 0.170 e. The summed E-state index contributed by atoms with van der Waals surface area (Å²) in [4.78, 5) is 11.8. The van der Waals surface area contributed by atoms with Crippen LogP contribution in [0.1, 0.15) is 16.8 Å². The molecule has 1 spiro atoms. The summed E-state index contributed by atoms with van der Waals surface area (Å²) in [6.07, 6.45) is 0.511. The molecule has 0 unspecified atom stereocenters. The molecule has 1 fully saturated rings. The van der Waals surface area contributed by atoms with Crippen molar-refractivity contribution in [2.45, 2.75) is 12.0 Å². The third kappa shape index (κ3) is 0.990. The third-order valence-electron chi connectivity index (χ3n) is 2.89. The topological polar surface area (TPSA) is 38.3 Å². The van der Waals surface area contributed by atoms with E-state index in [0.29, 0.717) is 6.42 Å². The Bertz CT molecular complexity index is 396. The summed E-state index contributed by atoms with van der Waals surface area (Å²) < 4.78 is 5.84. The summed E-state index contributed by atoms with van der Waals surface area (Å²) in [6, 6.07) is 7.47. The smallest absolute Gasteiger partial charge is 0.170 e. The van der Waals surface area contributed by atoms with E-state index in [1.807, 2.05) is 24.3 Å². The second-order valence-electron chi connectivity index (χ2n) is 3.98. The van der Waals surface area contributed by atoms with Crippen LogP contribution in [0.4, 0.5) is 0 Å². The highest BCUT2D eigenvalue weighted by Gasteiger charge is 2.45. The highest BCUT2D eigenvalue weighted by atomic mass is 16.5. The Balaban J connectivity index is 2.04. The predicted octanol–water partition coefficient (Wildman–Crippen LogP) is 0.994. The predicted molar refractivity (Wildman–Crippen MR) is 51.6 cm³/mol. The standard InChI is InChI=1S/C11H11NO2/c13-9-5-11(6-12-7-11)14-10-4-2-1-3-8(9)10/h1-4,12H,5-7H2. The van der Waals surface area contributed by atoms with E-state index in [4.69, 9.17) is 4.74 Å². The maximum absolute atomic E-state index is 11.8. The molecule has 2 aliphatic rings. The first-order valence-corrected chi connectivity index (χ1v) is 4.81. The summed E-state index contributed by atoms with van der Waals surface area (Å²) in [7, 11) is 0. The van der Waals surface area contributed by atoms with Crippen molar-refractivity contribution in [2.24, 2.45) is 0 Å². The van der Waals surface area contributed by atoms with Gasteiger partial charge in [0, 0.05) is 13.1 Å². The van der Waals surface area contributed by atoms with E-state index in [1.165, 1.54) is 0 Å². The van der Waals surface area contributed by atoms with Crippen LogP contribution in [0.3, 0.4) is 0 Å². The van der Waals surface area contributed by atoms with Gasteiger partial charge in [-0.25, -0.2) is 0 Å². The number of Topliss-reactive ketones (excluding diaryl/α,β-unsaturated/α-hetero) is 1. The summed E-state index contributed by atoms with van der Waals surface area (Å²) in [6.45, 7) is 1.57. The molecule has 2 heterocycles. The fourth-order valence-electron chi connectivity index (χ4n) is 2.04. The molecule has 0 bridgehead atoms. The van der Waals surface area contributed by atoms with Crippen LogP contribution in [0.2, 0.25) is 0 Å². The number of benzene rings is 1. The van der Waals surface area contributed by atoms with Crippen LogP contribution >= 0.6 is 0 Å². The summed E-state index contributed by atoms with van der Waals surface area (Å²) in [5.41, 5.74) is 0.482. The van der Waals surface area contributed by atoms with Crippen LogP contribution in [0, 0.1) is 0 Å². The second kappa shape index (κ2) is 2.58. The van der Waals surface area contributed by atoms with E-state index in [-0.39, 0.29) is 11.4 Å². The first-order chi connectivity index (χ1) is 6.79. The van der Waals surface area contributed by atoms with Gasteiger partial charge < -0.3 is 10.1 Å². The lowest BCUT2D eigenvalue weighted by molar-refractivity contribution is 0.00242. The minimum Gasteiger partial charge on any atom is -0.483 e. The van der Waals surface area contributed by atoms with Crippen molar-refractivity contribution in [3.8, 4) is 5.75 Å². The van der Waals surface area contributed by atoms with Gasteiger partial charge in [0.25, 0.3) is 0 Å². The van der Waals surface area contributed by atoms with Crippen molar-refractivity contribution in [1.29, 1.82) is 0 Å². The molecular weight excluding hydrogens is 178 g/mol. The summed E-state index contributed by atoms with van der Waals surface area (Å²) in [5, 5.41) is 3.15. The fourth-order valence-corrected chi connectivity index (χ4v) is 2.04. The quantitative estimate of drug-likeness (QED) is 0.661. The lowest BCUT2D eigenvalue weighted by Crippen LogP contribution is -2.65. The van der Waals surface area contributed by atoms with Crippen molar-refractivity contribution in [3.63, 3.8) is 0 Å². The summed E-state index contributed by atoms with van der Waals surface area (Å²) in [5.74, 6) is 0.943. The molecule has 14 heavy (non-hydrogen) atoms. The Labute approximate surface area is 82.1 Å². The zero-order valence-corrected chi connectivity index (χ0v) is 7.75. The number of hydrogen-bond acceptors (Lipinski definition) is 3. The highest BCUT2D eigenvalue weighted by Crippen LogP contribution is 2.34. The van der Waals surface area contributed by atoms with Crippen molar-refractivity contribution in [3.05, 3.63) is 29.8 Å². The first kappa shape index (κ1) is 8.00. The number of hydrogen-bond donors (Lipinski definition) is 1. The molecular formula is C11H11NO2. The number of rotatable bonds is 0. The number of ether oxygens (including phenoxy) is 1. The van der Waals surface area contributed by atoms with Gasteiger partial charge in [-0.1, -0.05) is 12.1 Å². The van der Waals surface area contributed by atoms with Crippen LogP contribution in [0.5, 0.6) is 5.75 Å². The lowest BCUT2D eigenvalue weighted by atomic mass is 9.85. The Hall–Kier alpha value is -1.35. The van der Waals surface area contributed by atoms with Gasteiger partial charge in [0.2, 0.25) is 0 Å². The van der Waals surface area contributed by atoms with E-state index in [2.05, 4.69) is 5.32 Å². The van der Waals surface area contributed by atoms with Gasteiger partial charge >= 0.3 is 0 Å². The molecule has 72 valence electrons. The molecule has 0 saturated carbocycles. The normalized spacial score (nSPS) is 22.4. The molecule has 1 aromatic rings. The van der Waals surface area contributed by atoms with Crippen LogP contribution in [0.25, 0.3) is 0 Å². The number of ketones is 1. The van der Waals surface area contributed by atoms with Crippen LogP contribution in [-0.2, 0) is 0 Å². The van der Waals surface area contributed by atoms with Crippen LogP contribution in [-0.4, -0.2) is 24.5 Å². The van der Waals surface area contributed by atoms with Crippen molar-refractivity contribution < 1.29 is 9.53 Å². The van der Waals surface area contributed by atoms with Crippen molar-refractivity contribution in [2.75, 3.05) is 13.1 Å². The van der Waals surface area contributed by atoms with E-state index < -0.39 is 0 Å². The monoisotopic (exact) mass is 189 g/mol. The van der Waals surface area contributed by atoms with Gasteiger partial charge in [-0.05, 0) is 12.1 Å². The fraction of sp³-hybridized carbons (Fsp3) is 0.364. The van der Waals surface area contributed by atoms with E-state index in [0.717, 1.165) is 24.4 Å². The molecule has 0 radical (unpaired) electrons. The molecule has 1 saturated heterocycles.